The average molecular weight is 456 g/mol. The van der Waals surface area contributed by atoms with Crippen molar-refractivity contribution >= 4 is 5.97 Å². The van der Waals surface area contributed by atoms with Gasteiger partial charge < -0.3 is 9.15 Å². The molecule has 0 aliphatic carbocycles. The van der Waals surface area contributed by atoms with Gasteiger partial charge in [-0.1, -0.05) is 65.2 Å². The summed E-state index contributed by atoms with van der Waals surface area (Å²) in [6.07, 6.45) is 0. The molecule has 1 atom stereocenters. The molecular formula is C28H29N3O3. The van der Waals surface area contributed by atoms with Gasteiger partial charge in [0.25, 0.3) is 0 Å². The highest BCUT2D eigenvalue weighted by Crippen LogP contribution is 2.27. The minimum atomic E-state index is -0.889. The molecule has 0 aliphatic rings. The molecule has 0 amide bonds. The molecule has 0 saturated heterocycles. The van der Waals surface area contributed by atoms with Gasteiger partial charge in [-0.15, -0.1) is 10.2 Å². The van der Waals surface area contributed by atoms with E-state index in [1.807, 2.05) is 39.0 Å². The zero-order valence-corrected chi connectivity index (χ0v) is 20.0. The van der Waals surface area contributed by atoms with Crippen molar-refractivity contribution in [2.45, 2.75) is 39.8 Å². The van der Waals surface area contributed by atoms with Crippen molar-refractivity contribution in [3.05, 3.63) is 107 Å². The summed E-state index contributed by atoms with van der Waals surface area (Å²) in [7, 11) is 0. The Bertz CT molecular complexity index is 1250. The van der Waals surface area contributed by atoms with Crippen LogP contribution >= 0.6 is 0 Å². The summed E-state index contributed by atoms with van der Waals surface area (Å²) in [5.74, 6) is 0.382. The number of hydrogen-bond acceptors (Lipinski definition) is 6. The normalized spacial score (nSPS) is 12.8. The minimum Gasteiger partial charge on any atom is -0.460 e. The number of nitrogens with one attached hydrogen (secondary N) is 1. The van der Waals surface area contributed by atoms with Crippen LogP contribution in [0.5, 0.6) is 0 Å². The van der Waals surface area contributed by atoms with Crippen LogP contribution in [0, 0.1) is 20.8 Å². The van der Waals surface area contributed by atoms with Gasteiger partial charge in [0.1, 0.15) is 12.1 Å². The number of rotatable bonds is 8. The number of carbonyl (C=O) groups excluding carboxylic acids is 1. The summed E-state index contributed by atoms with van der Waals surface area (Å²) >= 11 is 0. The maximum atomic E-state index is 12.6. The molecule has 174 valence electrons. The van der Waals surface area contributed by atoms with Crippen LogP contribution < -0.4 is 5.32 Å². The summed E-state index contributed by atoms with van der Waals surface area (Å²) in [6.45, 7) is 8.59. The molecule has 0 radical (unpaired) electrons. The highest BCUT2D eigenvalue weighted by Gasteiger charge is 2.35. The van der Waals surface area contributed by atoms with Gasteiger partial charge in [-0.3, -0.25) is 5.32 Å². The number of nitrogens with zero attached hydrogens (tertiary/aromatic N) is 2. The largest absolute Gasteiger partial charge is 0.460 e. The molecule has 1 unspecified atom stereocenters. The van der Waals surface area contributed by atoms with E-state index in [4.69, 9.17) is 9.15 Å². The minimum absolute atomic E-state index is 0.0288. The Kier molecular flexibility index (Phi) is 6.89. The van der Waals surface area contributed by atoms with Crippen molar-refractivity contribution in [1.29, 1.82) is 0 Å². The molecular weight excluding hydrogens is 426 g/mol. The van der Waals surface area contributed by atoms with Crippen molar-refractivity contribution < 1.29 is 13.9 Å². The first-order chi connectivity index (χ1) is 16.3. The zero-order valence-electron chi connectivity index (χ0n) is 20.0. The molecule has 0 fully saturated rings. The first kappa shape index (κ1) is 23.4. The van der Waals surface area contributed by atoms with Crippen LogP contribution in [0.4, 0.5) is 0 Å². The fourth-order valence-electron chi connectivity index (χ4n) is 3.72. The molecule has 6 heteroatoms. The highest BCUT2D eigenvalue weighted by molar-refractivity contribution is 5.89. The van der Waals surface area contributed by atoms with Crippen molar-refractivity contribution in [3.63, 3.8) is 0 Å². The van der Waals surface area contributed by atoms with E-state index < -0.39 is 11.5 Å². The van der Waals surface area contributed by atoms with E-state index in [1.165, 1.54) is 5.56 Å². The Balaban J connectivity index is 1.59. The predicted octanol–water partition coefficient (Wildman–Crippen LogP) is 5.52. The van der Waals surface area contributed by atoms with E-state index in [1.54, 1.807) is 24.3 Å². The second kappa shape index (κ2) is 10.0. The Hall–Kier alpha value is -3.77. The monoisotopic (exact) mass is 455 g/mol. The first-order valence-corrected chi connectivity index (χ1v) is 11.3. The van der Waals surface area contributed by atoms with Gasteiger partial charge >= 0.3 is 5.97 Å². The molecule has 4 rings (SSSR count). The highest BCUT2D eigenvalue weighted by atomic mass is 16.5. The molecule has 6 nitrogen and oxygen atoms in total. The third kappa shape index (κ3) is 5.58. The lowest BCUT2D eigenvalue weighted by Crippen LogP contribution is -2.44. The third-order valence-electron chi connectivity index (χ3n) is 5.67. The standard InChI is InChI=1S/C28H29N3O3/c1-19-10-12-22(13-11-19)17-29-28(4,18-33-26(32)23-8-6-5-7-9-23)27-31-30-25(34-27)24-15-20(2)14-21(3)16-24/h5-16,29H,17-18H2,1-4H3. The summed E-state index contributed by atoms with van der Waals surface area (Å²) < 4.78 is 11.8. The number of ether oxygens (including phenoxy) is 1. The molecule has 1 aromatic heterocycles. The van der Waals surface area contributed by atoms with Gasteiger partial charge in [0, 0.05) is 12.1 Å². The third-order valence-corrected chi connectivity index (χ3v) is 5.67. The maximum Gasteiger partial charge on any atom is 0.338 e. The molecule has 0 spiro atoms. The van der Waals surface area contributed by atoms with Gasteiger partial charge in [0.05, 0.1) is 5.56 Å². The van der Waals surface area contributed by atoms with Gasteiger partial charge in [-0.25, -0.2) is 4.79 Å². The van der Waals surface area contributed by atoms with Crippen molar-refractivity contribution in [2.75, 3.05) is 6.61 Å². The molecule has 3 aromatic carbocycles. The number of aromatic nitrogens is 2. The molecule has 1 heterocycles. The second-order valence-electron chi connectivity index (χ2n) is 8.90. The molecule has 34 heavy (non-hydrogen) atoms. The maximum absolute atomic E-state index is 12.6. The van der Waals surface area contributed by atoms with E-state index in [0.29, 0.717) is 23.9 Å². The first-order valence-electron chi connectivity index (χ1n) is 11.3. The van der Waals surface area contributed by atoms with Crippen LogP contribution in [-0.4, -0.2) is 22.8 Å². The van der Waals surface area contributed by atoms with Crippen LogP contribution in [0.3, 0.4) is 0 Å². The number of benzene rings is 3. The molecule has 0 aliphatic heterocycles. The van der Waals surface area contributed by atoms with Crippen LogP contribution in [0.25, 0.3) is 11.5 Å². The van der Waals surface area contributed by atoms with Crippen molar-refractivity contribution in [1.82, 2.24) is 15.5 Å². The Labute approximate surface area is 200 Å². The lowest BCUT2D eigenvalue weighted by Gasteiger charge is -2.27. The smallest absolute Gasteiger partial charge is 0.338 e. The number of aryl methyl sites for hydroxylation is 3. The molecule has 1 N–H and O–H groups in total. The van der Waals surface area contributed by atoms with E-state index in [-0.39, 0.29) is 6.61 Å². The average Bonchev–Trinajstić information content (AvgIpc) is 3.33. The lowest BCUT2D eigenvalue weighted by molar-refractivity contribution is 0.0343. The summed E-state index contributed by atoms with van der Waals surface area (Å²) in [5.41, 5.74) is 4.99. The fraction of sp³-hybridized carbons (Fsp3) is 0.250. The van der Waals surface area contributed by atoms with E-state index in [9.17, 15) is 4.79 Å². The van der Waals surface area contributed by atoms with Crippen LogP contribution in [-0.2, 0) is 16.8 Å². The molecule has 0 saturated carbocycles. The van der Waals surface area contributed by atoms with Crippen LogP contribution in [0.2, 0.25) is 0 Å². The second-order valence-corrected chi connectivity index (χ2v) is 8.90. The Morgan fingerprint density at radius 3 is 2.26 bits per heavy atom. The van der Waals surface area contributed by atoms with E-state index >= 15 is 0 Å². The van der Waals surface area contributed by atoms with Gasteiger partial charge in [0.15, 0.2) is 0 Å². The van der Waals surface area contributed by atoms with Crippen LogP contribution in [0.15, 0.2) is 77.2 Å². The Morgan fingerprint density at radius 2 is 1.59 bits per heavy atom. The van der Waals surface area contributed by atoms with Crippen molar-refractivity contribution in [2.24, 2.45) is 0 Å². The number of hydrogen-bond donors (Lipinski definition) is 1. The van der Waals surface area contributed by atoms with E-state index in [2.05, 4.69) is 52.8 Å². The topological polar surface area (TPSA) is 77.2 Å². The van der Waals surface area contributed by atoms with E-state index in [0.717, 1.165) is 22.3 Å². The molecule has 0 bridgehead atoms. The zero-order chi connectivity index (χ0) is 24.1. The fourth-order valence-corrected chi connectivity index (χ4v) is 3.72. The summed E-state index contributed by atoms with van der Waals surface area (Å²) in [6, 6.07) is 23.3. The number of carbonyl (C=O) groups is 1. The van der Waals surface area contributed by atoms with Crippen LogP contribution in [0.1, 0.15) is 45.4 Å². The molecule has 4 aromatic rings. The number of esters is 1. The predicted molar refractivity (Wildman–Crippen MR) is 131 cm³/mol. The van der Waals surface area contributed by atoms with Gasteiger partial charge in [0.2, 0.25) is 11.8 Å². The summed E-state index contributed by atoms with van der Waals surface area (Å²) in [4.78, 5) is 12.6. The van der Waals surface area contributed by atoms with Crippen molar-refractivity contribution in [3.8, 4) is 11.5 Å². The quantitative estimate of drug-likeness (QED) is 0.352. The van der Waals surface area contributed by atoms with Gasteiger partial charge in [-0.05, 0) is 57.5 Å². The Morgan fingerprint density at radius 1 is 0.912 bits per heavy atom. The van der Waals surface area contributed by atoms with Gasteiger partial charge in [-0.2, -0.15) is 0 Å². The SMILES string of the molecule is Cc1ccc(CNC(C)(COC(=O)c2ccccc2)c2nnc(-c3cc(C)cc(C)c3)o2)cc1. The summed E-state index contributed by atoms with van der Waals surface area (Å²) in [5, 5.41) is 12.1. The lowest BCUT2D eigenvalue weighted by atomic mass is 10.0.